The molecule has 0 aliphatic carbocycles. The van der Waals surface area contributed by atoms with E-state index in [1.54, 1.807) is 18.2 Å². The number of amides is 1. The first-order valence-corrected chi connectivity index (χ1v) is 6.05. The van der Waals surface area contributed by atoms with Crippen LogP contribution in [0.2, 0.25) is 0 Å². The number of carboxylic acid groups (broad SMARTS) is 1. The molecular weight excluding hydrogens is 266 g/mol. The highest BCUT2D eigenvalue weighted by Crippen LogP contribution is 2.14. The Morgan fingerprint density at radius 3 is 2.63 bits per heavy atom. The summed E-state index contributed by atoms with van der Waals surface area (Å²) in [5, 5.41) is 12.5. The van der Waals surface area contributed by atoms with Crippen LogP contribution in [0, 0.1) is 0 Å². The lowest BCUT2D eigenvalue weighted by Crippen LogP contribution is -2.17. The number of carboxylic acids is 1. The van der Waals surface area contributed by atoms with Crippen LogP contribution in [0.1, 0.15) is 24.9 Å². The lowest BCUT2D eigenvalue weighted by molar-refractivity contribution is 0.0702. The number of carbonyl (C=O) groups is 2. The fraction of sp³-hybridized carbons (Fsp3) is 0. The van der Waals surface area contributed by atoms with Gasteiger partial charge in [0, 0.05) is 22.8 Å². The molecule has 2 aromatic heterocycles. The summed E-state index contributed by atoms with van der Waals surface area (Å²) in [6.45, 7) is 0. The normalized spacial score (nSPS) is 10.5. The number of hydrazone groups is 1. The number of thiophene rings is 1. The standard InChI is InChI=1S/C12H9N3O3S/c16-11(8-3-5-13-6-4-8)15-14-7-9-1-2-10(19-9)12(17)18/h1-7H,(H,15,16)(H,17,18). The van der Waals surface area contributed by atoms with Gasteiger partial charge in [0.1, 0.15) is 4.88 Å². The Hall–Kier alpha value is -2.54. The molecule has 0 unspecified atom stereocenters. The van der Waals surface area contributed by atoms with Crippen LogP contribution in [-0.4, -0.2) is 28.2 Å². The van der Waals surface area contributed by atoms with E-state index in [0.29, 0.717) is 10.4 Å². The van der Waals surface area contributed by atoms with Crippen molar-refractivity contribution in [1.29, 1.82) is 0 Å². The second kappa shape index (κ2) is 5.87. The van der Waals surface area contributed by atoms with Gasteiger partial charge >= 0.3 is 5.97 Å². The van der Waals surface area contributed by atoms with Crippen molar-refractivity contribution in [3.05, 3.63) is 52.0 Å². The van der Waals surface area contributed by atoms with Crippen LogP contribution in [0.4, 0.5) is 0 Å². The average Bonchev–Trinajstić information content (AvgIpc) is 2.89. The van der Waals surface area contributed by atoms with Gasteiger partial charge in [0.15, 0.2) is 0 Å². The van der Waals surface area contributed by atoms with Gasteiger partial charge in [-0.15, -0.1) is 11.3 Å². The minimum Gasteiger partial charge on any atom is -0.477 e. The highest BCUT2D eigenvalue weighted by molar-refractivity contribution is 7.15. The minimum absolute atomic E-state index is 0.224. The van der Waals surface area contributed by atoms with Gasteiger partial charge in [0.05, 0.1) is 6.21 Å². The minimum atomic E-state index is -0.981. The molecule has 0 bridgehead atoms. The summed E-state index contributed by atoms with van der Waals surface area (Å²) in [6, 6.07) is 6.24. The first-order chi connectivity index (χ1) is 9.16. The van der Waals surface area contributed by atoms with Crippen LogP contribution in [-0.2, 0) is 0 Å². The van der Waals surface area contributed by atoms with Crippen LogP contribution < -0.4 is 5.43 Å². The molecule has 6 nitrogen and oxygen atoms in total. The van der Waals surface area contributed by atoms with Crippen molar-refractivity contribution >= 4 is 29.4 Å². The molecule has 2 rings (SSSR count). The quantitative estimate of drug-likeness (QED) is 0.655. The number of carbonyl (C=O) groups excluding carboxylic acids is 1. The summed E-state index contributed by atoms with van der Waals surface area (Å²) in [6.07, 6.45) is 4.42. The van der Waals surface area contributed by atoms with E-state index in [-0.39, 0.29) is 10.8 Å². The largest absolute Gasteiger partial charge is 0.477 e. The van der Waals surface area contributed by atoms with Crippen molar-refractivity contribution in [2.75, 3.05) is 0 Å². The molecule has 96 valence electrons. The van der Waals surface area contributed by atoms with Crippen molar-refractivity contribution in [3.8, 4) is 0 Å². The molecule has 0 aromatic carbocycles. The van der Waals surface area contributed by atoms with E-state index >= 15 is 0 Å². The van der Waals surface area contributed by atoms with Crippen molar-refractivity contribution in [3.63, 3.8) is 0 Å². The summed E-state index contributed by atoms with van der Waals surface area (Å²) in [5.74, 6) is -1.33. The zero-order valence-electron chi connectivity index (χ0n) is 9.61. The van der Waals surface area contributed by atoms with Crippen LogP contribution in [0.15, 0.2) is 41.8 Å². The number of aromatic nitrogens is 1. The van der Waals surface area contributed by atoms with Gasteiger partial charge in [-0.1, -0.05) is 0 Å². The van der Waals surface area contributed by atoms with Gasteiger partial charge in [0.25, 0.3) is 5.91 Å². The summed E-state index contributed by atoms with van der Waals surface area (Å²) in [5.41, 5.74) is 2.80. The van der Waals surface area contributed by atoms with E-state index < -0.39 is 5.97 Å². The van der Waals surface area contributed by atoms with Crippen molar-refractivity contribution in [1.82, 2.24) is 10.4 Å². The first-order valence-electron chi connectivity index (χ1n) is 5.23. The fourth-order valence-electron chi connectivity index (χ4n) is 1.26. The average molecular weight is 275 g/mol. The summed E-state index contributed by atoms with van der Waals surface area (Å²) < 4.78 is 0. The van der Waals surface area contributed by atoms with E-state index in [4.69, 9.17) is 5.11 Å². The number of hydrogen-bond acceptors (Lipinski definition) is 5. The lowest BCUT2D eigenvalue weighted by atomic mass is 10.3. The molecule has 0 fully saturated rings. The zero-order valence-corrected chi connectivity index (χ0v) is 10.4. The Kier molecular flexibility index (Phi) is 3.99. The Morgan fingerprint density at radius 2 is 2.00 bits per heavy atom. The Bertz CT molecular complexity index is 622. The molecule has 0 atom stereocenters. The molecule has 7 heteroatoms. The molecule has 1 amide bonds. The van der Waals surface area contributed by atoms with Gasteiger partial charge in [-0.3, -0.25) is 9.78 Å². The highest BCUT2D eigenvalue weighted by atomic mass is 32.1. The molecule has 0 saturated carbocycles. The van der Waals surface area contributed by atoms with Crippen molar-refractivity contribution in [2.24, 2.45) is 5.10 Å². The Balaban J connectivity index is 1.96. The Morgan fingerprint density at radius 1 is 1.26 bits per heavy atom. The highest BCUT2D eigenvalue weighted by Gasteiger charge is 2.05. The van der Waals surface area contributed by atoms with Crippen LogP contribution >= 0.6 is 11.3 Å². The maximum absolute atomic E-state index is 11.6. The van der Waals surface area contributed by atoms with E-state index in [1.807, 2.05) is 0 Å². The van der Waals surface area contributed by atoms with Crippen molar-refractivity contribution in [2.45, 2.75) is 0 Å². The third-order valence-corrected chi connectivity index (χ3v) is 3.15. The summed E-state index contributed by atoms with van der Waals surface area (Å²) >= 11 is 1.08. The van der Waals surface area contributed by atoms with Crippen LogP contribution in [0.3, 0.4) is 0 Å². The van der Waals surface area contributed by atoms with Gasteiger partial charge in [-0.05, 0) is 24.3 Å². The Labute approximate surface area is 112 Å². The molecule has 2 heterocycles. The van der Waals surface area contributed by atoms with Gasteiger partial charge in [-0.25, -0.2) is 10.2 Å². The second-order valence-corrected chi connectivity index (χ2v) is 4.56. The monoisotopic (exact) mass is 275 g/mol. The molecule has 2 aromatic rings. The maximum Gasteiger partial charge on any atom is 0.345 e. The molecule has 0 aliphatic heterocycles. The molecule has 0 spiro atoms. The van der Waals surface area contributed by atoms with Gasteiger partial charge < -0.3 is 5.11 Å². The molecule has 0 radical (unpaired) electrons. The number of nitrogens with zero attached hydrogens (tertiary/aromatic N) is 2. The smallest absolute Gasteiger partial charge is 0.345 e. The van der Waals surface area contributed by atoms with Crippen molar-refractivity contribution < 1.29 is 14.7 Å². The maximum atomic E-state index is 11.6. The fourth-order valence-corrected chi connectivity index (χ4v) is 1.98. The molecular formula is C12H9N3O3S. The van der Waals surface area contributed by atoms with E-state index in [1.165, 1.54) is 24.7 Å². The third-order valence-electron chi connectivity index (χ3n) is 2.14. The van der Waals surface area contributed by atoms with Crippen LogP contribution in [0.5, 0.6) is 0 Å². The molecule has 0 aliphatic rings. The topological polar surface area (TPSA) is 91.7 Å². The van der Waals surface area contributed by atoms with Gasteiger partial charge in [0.2, 0.25) is 0 Å². The number of nitrogens with one attached hydrogen (secondary N) is 1. The van der Waals surface area contributed by atoms with E-state index in [2.05, 4.69) is 15.5 Å². The summed E-state index contributed by atoms with van der Waals surface area (Å²) in [4.78, 5) is 26.9. The number of hydrogen-bond donors (Lipinski definition) is 2. The molecule has 2 N–H and O–H groups in total. The predicted octanol–water partition coefficient (Wildman–Crippen LogP) is 1.61. The molecule has 0 saturated heterocycles. The van der Waals surface area contributed by atoms with E-state index in [0.717, 1.165) is 11.3 Å². The second-order valence-electron chi connectivity index (χ2n) is 3.44. The number of rotatable bonds is 4. The first kappa shape index (κ1) is 12.9. The SMILES string of the molecule is O=C(NN=Cc1ccc(C(=O)O)s1)c1ccncc1. The predicted molar refractivity (Wildman–Crippen MR) is 70.6 cm³/mol. The molecule has 19 heavy (non-hydrogen) atoms. The van der Waals surface area contributed by atoms with E-state index in [9.17, 15) is 9.59 Å². The third kappa shape index (κ3) is 3.46. The number of pyridine rings is 1. The lowest BCUT2D eigenvalue weighted by Gasteiger charge is -1.97. The number of aromatic carboxylic acids is 1. The zero-order chi connectivity index (χ0) is 13.7. The van der Waals surface area contributed by atoms with Gasteiger partial charge in [-0.2, -0.15) is 5.10 Å². The van der Waals surface area contributed by atoms with Crippen LogP contribution in [0.25, 0.3) is 0 Å². The summed E-state index contributed by atoms with van der Waals surface area (Å²) in [7, 11) is 0.